The van der Waals surface area contributed by atoms with Crippen molar-refractivity contribution in [3.05, 3.63) is 29.8 Å². The molecule has 1 aromatic carbocycles. The largest absolute Gasteiger partial charge is 0.416 e. The quantitative estimate of drug-likeness (QED) is 0.886. The lowest BCUT2D eigenvalue weighted by Crippen LogP contribution is -2.31. The van der Waals surface area contributed by atoms with Crippen molar-refractivity contribution in [2.24, 2.45) is 11.7 Å². The highest BCUT2D eigenvalue weighted by molar-refractivity contribution is 5.91. The first-order chi connectivity index (χ1) is 8.70. The molecule has 19 heavy (non-hydrogen) atoms. The van der Waals surface area contributed by atoms with E-state index in [9.17, 15) is 18.0 Å². The maximum Gasteiger partial charge on any atom is 0.416 e. The number of benzene rings is 1. The molecule has 0 spiro atoms. The molecule has 106 valence electrons. The van der Waals surface area contributed by atoms with Crippen LogP contribution < -0.4 is 11.1 Å². The molecule has 1 amide bonds. The van der Waals surface area contributed by atoms with Crippen molar-refractivity contribution in [3.63, 3.8) is 0 Å². The number of anilines is 1. The fourth-order valence-corrected chi connectivity index (χ4v) is 1.40. The molecule has 6 heteroatoms. The molecule has 1 aromatic rings. The molecule has 0 fully saturated rings. The number of carbonyl (C=O) groups is 1. The van der Waals surface area contributed by atoms with Gasteiger partial charge in [0, 0.05) is 18.2 Å². The molecule has 3 nitrogen and oxygen atoms in total. The van der Waals surface area contributed by atoms with Crippen LogP contribution >= 0.6 is 0 Å². The fourth-order valence-electron chi connectivity index (χ4n) is 1.40. The number of rotatable bonds is 4. The first-order valence-electron chi connectivity index (χ1n) is 5.93. The van der Waals surface area contributed by atoms with Crippen molar-refractivity contribution in [1.82, 2.24) is 0 Å². The number of alkyl halides is 3. The summed E-state index contributed by atoms with van der Waals surface area (Å²) in [5, 5.41) is 2.52. The Bertz CT molecular complexity index is 427. The average molecular weight is 274 g/mol. The number of carbonyl (C=O) groups excluding carboxylic acids is 1. The Kier molecular flexibility index (Phi) is 4.94. The van der Waals surface area contributed by atoms with Crippen molar-refractivity contribution in [2.75, 3.05) is 5.32 Å². The second-order valence-electron chi connectivity index (χ2n) is 4.74. The minimum atomic E-state index is -4.37. The van der Waals surface area contributed by atoms with Gasteiger partial charge >= 0.3 is 6.18 Å². The number of nitrogens with two attached hydrogens (primary N) is 1. The van der Waals surface area contributed by atoms with E-state index in [2.05, 4.69) is 5.32 Å². The predicted octanol–water partition coefficient (Wildman–Crippen LogP) is 3.02. The van der Waals surface area contributed by atoms with E-state index in [1.165, 1.54) is 12.1 Å². The molecular weight excluding hydrogens is 257 g/mol. The minimum absolute atomic E-state index is 0.138. The first-order valence-corrected chi connectivity index (χ1v) is 5.93. The van der Waals surface area contributed by atoms with Crippen LogP contribution in [0, 0.1) is 5.92 Å². The van der Waals surface area contributed by atoms with Crippen LogP contribution in [0.1, 0.15) is 25.8 Å². The van der Waals surface area contributed by atoms with Gasteiger partial charge < -0.3 is 11.1 Å². The van der Waals surface area contributed by atoms with Gasteiger partial charge in [0.1, 0.15) is 0 Å². The summed E-state index contributed by atoms with van der Waals surface area (Å²) in [4.78, 5) is 11.6. The summed E-state index contributed by atoms with van der Waals surface area (Å²) in [6, 6.07) is 4.04. The number of halogens is 3. The lowest BCUT2D eigenvalue weighted by Gasteiger charge is -2.15. The summed E-state index contributed by atoms with van der Waals surface area (Å²) in [6.45, 7) is 3.80. The third-order valence-electron chi connectivity index (χ3n) is 2.77. The molecule has 0 saturated carbocycles. The van der Waals surface area contributed by atoms with E-state index in [1.54, 1.807) is 0 Å². The third kappa shape index (κ3) is 4.90. The van der Waals surface area contributed by atoms with Crippen molar-refractivity contribution < 1.29 is 18.0 Å². The summed E-state index contributed by atoms with van der Waals surface area (Å²) < 4.78 is 37.0. The smallest absolute Gasteiger partial charge is 0.327 e. The average Bonchev–Trinajstić information content (AvgIpc) is 2.28. The highest BCUT2D eigenvalue weighted by Gasteiger charge is 2.29. The van der Waals surface area contributed by atoms with E-state index < -0.39 is 11.7 Å². The lowest BCUT2D eigenvalue weighted by atomic mass is 10.0. The second kappa shape index (κ2) is 6.06. The topological polar surface area (TPSA) is 55.1 Å². The summed E-state index contributed by atoms with van der Waals surface area (Å²) >= 11 is 0. The highest BCUT2D eigenvalue weighted by Crippen LogP contribution is 2.29. The zero-order valence-corrected chi connectivity index (χ0v) is 10.8. The van der Waals surface area contributed by atoms with E-state index in [0.717, 1.165) is 12.1 Å². The molecule has 0 heterocycles. The Labute approximate surface area is 110 Å². The monoisotopic (exact) mass is 274 g/mol. The number of amides is 1. The van der Waals surface area contributed by atoms with Crippen molar-refractivity contribution in [2.45, 2.75) is 32.5 Å². The van der Waals surface area contributed by atoms with Gasteiger partial charge in [0.25, 0.3) is 0 Å². The van der Waals surface area contributed by atoms with Crippen molar-refractivity contribution in [3.8, 4) is 0 Å². The van der Waals surface area contributed by atoms with Gasteiger partial charge in [-0.2, -0.15) is 13.2 Å². The van der Waals surface area contributed by atoms with Gasteiger partial charge in [-0.3, -0.25) is 4.79 Å². The van der Waals surface area contributed by atoms with Crippen molar-refractivity contribution in [1.29, 1.82) is 0 Å². The zero-order chi connectivity index (χ0) is 14.6. The third-order valence-corrected chi connectivity index (χ3v) is 2.77. The van der Waals surface area contributed by atoms with Gasteiger partial charge in [0.2, 0.25) is 5.91 Å². The van der Waals surface area contributed by atoms with Crippen LogP contribution in [0.3, 0.4) is 0 Å². The summed E-state index contributed by atoms with van der Waals surface area (Å²) in [6.07, 6.45) is -4.23. The number of hydrogen-bond acceptors (Lipinski definition) is 2. The maximum atomic E-state index is 12.3. The first kappa shape index (κ1) is 15.5. The Morgan fingerprint density at radius 3 is 2.21 bits per heavy atom. The molecule has 3 N–H and O–H groups in total. The van der Waals surface area contributed by atoms with Gasteiger partial charge in [-0.15, -0.1) is 0 Å². The highest BCUT2D eigenvalue weighted by atomic mass is 19.4. The van der Waals surface area contributed by atoms with Crippen molar-refractivity contribution >= 4 is 11.6 Å². The Hall–Kier alpha value is -1.56. The van der Waals surface area contributed by atoms with Gasteiger partial charge in [-0.25, -0.2) is 0 Å². The fraction of sp³-hybridized carbons (Fsp3) is 0.462. The van der Waals surface area contributed by atoms with Crippen LogP contribution in [-0.2, 0) is 11.0 Å². The van der Waals surface area contributed by atoms with Gasteiger partial charge in [-0.1, -0.05) is 13.8 Å². The molecular formula is C13H17F3N2O. The summed E-state index contributed by atoms with van der Waals surface area (Å²) in [5.41, 5.74) is 5.32. The maximum absolute atomic E-state index is 12.3. The van der Waals surface area contributed by atoms with Gasteiger partial charge in [-0.05, 0) is 30.2 Å². The molecule has 0 radical (unpaired) electrons. The molecule has 0 aliphatic carbocycles. The molecule has 1 rings (SSSR count). The molecule has 1 atom stereocenters. The van der Waals surface area contributed by atoms with Crippen LogP contribution in [0.4, 0.5) is 18.9 Å². The van der Waals surface area contributed by atoms with E-state index >= 15 is 0 Å². The number of hydrogen-bond donors (Lipinski definition) is 2. The second-order valence-corrected chi connectivity index (χ2v) is 4.74. The molecule has 0 bridgehead atoms. The van der Waals surface area contributed by atoms with Gasteiger partial charge in [0.05, 0.1) is 5.56 Å². The standard InChI is InChI=1S/C13H17F3N2O/c1-8(2)11(17)7-12(19)18-10-5-3-9(4-6-10)13(14,15)16/h3-6,8,11H,7,17H2,1-2H3,(H,18,19). The lowest BCUT2D eigenvalue weighted by molar-refractivity contribution is -0.137. The van der Waals surface area contributed by atoms with Crippen LogP contribution in [0.5, 0.6) is 0 Å². The Morgan fingerprint density at radius 1 is 1.26 bits per heavy atom. The molecule has 0 saturated heterocycles. The molecule has 0 aromatic heterocycles. The van der Waals surface area contributed by atoms with E-state index in [0.29, 0.717) is 5.69 Å². The molecule has 0 aliphatic heterocycles. The zero-order valence-electron chi connectivity index (χ0n) is 10.8. The van der Waals surface area contributed by atoms with Crippen LogP contribution in [-0.4, -0.2) is 11.9 Å². The van der Waals surface area contributed by atoms with E-state index in [1.807, 2.05) is 13.8 Å². The summed E-state index contributed by atoms with van der Waals surface area (Å²) in [5.74, 6) is -0.140. The molecule has 1 unspecified atom stereocenters. The summed E-state index contributed by atoms with van der Waals surface area (Å²) in [7, 11) is 0. The predicted molar refractivity (Wildman–Crippen MR) is 67.5 cm³/mol. The minimum Gasteiger partial charge on any atom is -0.327 e. The Balaban J connectivity index is 2.61. The Morgan fingerprint density at radius 2 is 1.79 bits per heavy atom. The van der Waals surface area contributed by atoms with Gasteiger partial charge in [0.15, 0.2) is 0 Å². The SMILES string of the molecule is CC(C)C(N)CC(=O)Nc1ccc(C(F)(F)F)cc1. The normalized spacial score (nSPS) is 13.4. The van der Waals surface area contributed by atoms with E-state index in [-0.39, 0.29) is 24.3 Å². The van der Waals surface area contributed by atoms with Crippen LogP contribution in [0.15, 0.2) is 24.3 Å². The molecule has 0 aliphatic rings. The van der Waals surface area contributed by atoms with E-state index in [4.69, 9.17) is 5.73 Å². The van der Waals surface area contributed by atoms with Crippen LogP contribution in [0.2, 0.25) is 0 Å². The number of nitrogens with one attached hydrogen (secondary N) is 1. The van der Waals surface area contributed by atoms with Crippen LogP contribution in [0.25, 0.3) is 0 Å².